The van der Waals surface area contributed by atoms with Gasteiger partial charge < -0.3 is 0 Å². The summed E-state index contributed by atoms with van der Waals surface area (Å²) in [5.41, 5.74) is 2.76. The quantitative estimate of drug-likeness (QED) is 0.543. The Labute approximate surface area is 125 Å². The van der Waals surface area contributed by atoms with Crippen molar-refractivity contribution >= 4 is 23.5 Å². The van der Waals surface area contributed by atoms with Gasteiger partial charge in [-0.3, -0.25) is 0 Å². The maximum absolute atomic E-state index is 6.12. The summed E-state index contributed by atoms with van der Waals surface area (Å²) in [5, 5.41) is 9.55. The minimum atomic E-state index is 0.218. The van der Waals surface area contributed by atoms with Gasteiger partial charge in [-0.05, 0) is 36.7 Å². The number of hydrogen-bond donors (Lipinski definition) is 0. The van der Waals surface area contributed by atoms with Crippen LogP contribution in [0.4, 0.5) is 0 Å². The predicted molar refractivity (Wildman–Crippen MR) is 85.7 cm³/mol. The van der Waals surface area contributed by atoms with Gasteiger partial charge in [0.1, 0.15) is 0 Å². The Bertz CT molecular complexity index is 588. The highest BCUT2D eigenvalue weighted by Gasteiger charge is 2.59. The zero-order valence-corrected chi connectivity index (χ0v) is 13.1. The highest BCUT2D eigenvalue weighted by molar-refractivity contribution is 6.33. The fourth-order valence-corrected chi connectivity index (χ4v) is 4.00. The van der Waals surface area contributed by atoms with Crippen molar-refractivity contribution in [1.29, 1.82) is 0 Å². The van der Waals surface area contributed by atoms with E-state index in [-0.39, 0.29) is 5.41 Å². The van der Waals surface area contributed by atoms with Crippen LogP contribution in [0, 0.1) is 16.7 Å². The SMILES string of the molecule is CC12CCC(C/C1=N/N=C/c1ccccc1Cl)C2(C)C. The highest BCUT2D eigenvalue weighted by atomic mass is 35.5. The highest BCUT2D eigenvalue weighted by Crippen LogP contribution is 2.63. The van der Waals surface area contributed by atoms with Crippen molar-refractivity contribution in [3.63, 3.8) is 0 Å². The van der Waals surface area contributed by atoms with Crippen molar-refractivity contribution in [2.75, 3.05) is 0 Å². The summed E-state index contributed by atoms with van der Waals surface area (Å²) in [6.07, 6.45) is 5.43. The fourth-order valence-electron chi connectivity index (χ4n) is 3.82. The molecule has 2 unspecified atom stereocenters. The van der Waals surface area contributed by atoms with Gasteiger partial charge >= 0.3 is 0 Å². The summed E-state index contributed by atoms with van der Waals surface area (Å²) < 4.78 is 0. The molecule has 2 bridgehead atoms. The van der Waals surface area contributed by atoms with E-state index in [1.54, 1.807) is 6.21 Å². The van der Waals surface area contributed by atoms with E-state index in [1.165, 1.54) is 18.6 Å². The van der Waals surface area contributed by atoms with E-state index < -0.39 is 0 Å². The van der Waals surface area contributed by atoms with Crippen molar-refractivity contribution in [2.24, 2.45) is 27.0 Å². The first kappa shape index (κ1) is 13.8. The number of rotatable bonds is 2. The Morgan fingerprint density at radius 2 is 2.00 bits per heavy atom. The van der Waals surface area contributed by atoms with Crippen LogP contribution < -0.4 is 0 Å². The molecule has 106 valence electrons. The first-order chi connectivity index (χ1) is 9.45. The third kappa shape index (κ3) is 1.93. The minimum Gasteiger partial charge on any atom is -0.160 e. The van der Waals surface area contributed by atoms with E-state index in [0.717, 1.165) is 22.9 Å². The van der Waals surface area contributed by atoms with Crippen LogP contribution >= 0.6 is 11.6 Å². The molecule has 20 heavy (non-hydrogen) atoms. The summed E-state index contributed by atoms with van der Waals surface area (Å²) in [7, 11) is 0. The molecule has 0 radical (unpaired) electrons. The van der Waals surface area contributed by atoms with Crippen LogP contribution in [-0.4, -0.2) is 11.9 Å². The van der Waals surface area contributed by atoms with Gasteiger partial charge in [-0.25, -0.2) is 0 Å². The Morgan fingerprint density at radius 1 is 1.25 bits per heavy atom. The van der Waals surface area contributed by atoms with Crippen LogP contribution in [0.15, 0.2) is 34.5 Å². The number of hydrogen-bond acceptors (Lipinski definition) is 2. The van der Waals surface area contributed by atoms with E-state index >= 15 is 0 Å². The maximum Gasteiger partial charge on any atom is 0.0583 e. The summed E-state index contributed by atoms with van der Waals surface area (Å²) >= 11 is 6.12. The zero-order chi connectivity index (χ0) is 14.4. The average Bonchev–Trinajstić information content (AvgIpc) is 2.74. The Balaban J connectivity index is 1.84. The van der Waals surface area contributed by atoms with Gasteiger partial charge in [0.25, 0.3) is 0 Å². The lowest BCUT2D eigenvalue weighted by Crippen LogP contribution is -2.32. The van der Waals surface area contributed by atoms with Gasteiger partial charge in [-0.1, -0.05) is 50.6 Å². The molecular weight excluding hydrogens is 268 g/mol. The van der Waals surface area contributed by atoms with Gasteiger partial charge in [-0.2, -0.15) is 10.2 Å². The van der Waals surface area contributed by atoms with Crippen molar-refractivity contribution in [2.45, 2.75) is 40.0 Å². The van der Waals surface area contributed by atoms with Crippen LogP contribution in [-0.2, 0) is 0 Å². The molecule has 0 amide bonds. The smallest absolute Gasteiger partial charge is 0.0583 e. The molecular formula is C17H21ClN2. The molecule has 2 aliphatic rings. The molecule has 1 aromatic rings. The van der Waals surface area contributed by atoms with E-state index in [4.69, 9.17) is 11.6 Å². The van der Waals surface area contributed by atoms with E-state index in [2.05, 4.69) is 31.0 Å². The predicted octanol–water partition coefficient (Wildman–Crippen LogP) is 4.96. The number of benzene rings is 1. The molecule has 0 spiro atoms. The van der Waals surface area contributed by atoms with Crippen LogP contribution in [0.2, 0.25) is 5.02 Å². The van der Waals surface area contributed by atoms with Crippen molar-refractivity contribution in [3.8, 4) is 0 Å². The van der Waals surface area contributed by atoms with Crippen LogP contribution in [0.5, 0.6) is 0 Å². The zero-order valence-electron chi connectivity index (χ0n) is 12.4. The second-order valence-electron chi connectivity index (χ2n) is 6.81. The van der Waals surface area contributed by atoms with Crippen LogP contribution in [0.3, 0.4) is 0 Å². The lowest BCUT2D eigenvalue weighted by atomic mass is 9.70. The lowest BCUT2D eigenvalue weighted by molar-refractivity contribution is 0.194. The molecule has 0 heterocycles. The molecule has 3 rings (SSSR count). The summed E-state index contributed by atoms with van der Waals surface area (Å²) in [5.74, 6) is 0.766. The molecule has 1 aromatic carbocycles. The second-order valence-corrected chi connectivity index (χ2v) is 7.21. The van der Waals surface area contributed by atoms with Crippen LogP contribution in [0.1, 0.15) is 45.6 Å². The fraction of sp³-hybridized carbons (Fsp3) is 0.529. The third-order valence-electron chi connectivity index (χ3n) is 5.79. The Morgan fingerprint density at radius 3 is 2.60 bits per heavy atom. The lowest BCUT2D eigenvalue weighted by Gasteiger charge is -2.34. The normalized spacial score (nSPS) is 33.4. The van der Waals surface area contributed by atoms with Gasteiger partial charge in [0.05, 0.1) is 6.21 Å². The van der Waals surface area contributed by atoms with Crippen molar-refractivity contribution in [3.05, 3.63) is 34.9 Å². The molecule has 2 fully saturated rings. The molecule has 0 N–H and O–H groups in total. The van der Waals surface area contributed by atoms with Gasteiger partial charge in [-0.15, -0.1) is 0 Å². The molecule has 2 nitrogen and oxygen atoms in total. The molecule has 0 aromatic heterocycles. The van der Waals surface area contributed by atoms with Crippen LogP contribution in [0.25, 0.3) is 0 Å². The Hall–Kier alpha value is -1.15. The van der Waals surface area contributed by atoms with Crippen molar-refractivity contribution < 1.29 is 0 Å². The first-order valence-electron chi connectivity index (χ1n) is 7.30. The Kier molecular flexibility index (Phi) is 3.24. The number of nitrogens with zero attached hydrogens (tertiary/aromatic N) is 2. The molecule has 0 saturated heterocycles. The van der Waals surface area contributed by atoms with Crippen molar-refractivity contribution in [1.82, 2.24) is 0 Å². The maximum atomic E-state index is 6.12. The number of fused-ring (bicyclic) bond motifs is 2. The molecule has 2 saturated carbocycles. The van der Waals surface area contributed by atoms with E-state index in [9.17, 15) is 0 Å². The number of halogens is 1. The molecule has 2 atom stereocenters. The second kappa shape index (κ2) is 4.70. The minimum absolute atomic E-state index is 0.218. The first-order valence-corrected chi connectivity index (χ1v) is 7.68. The van der Waals surface area contributed by atoms with E-state index in [1.807, 2.05) is 24.3 Å². The summed E-state index contributed by atoms with van der Waals surface area (Å²) in [6, 6.07) is 7.71. The summed E-state index contributed by atoms with van der Waals surface area (Å²) in [4.78, 5) is 0. The van der Waals surface area contributed by atoms with E-state index in [0.29, 0.717) is 5.41 Å². The summed E-state index contributed by atoms with van der Waals surface area (Å²) in [6.45, 7) is 7.11. The molecule has 0 aliphatic heterocycles. The third-order valence-corrected chi connectivity index (χ3v) is 6.14. The molecule has 2 aliphatic carbocycles. The standard InChI is InChI=1S/C17H21ClN2/c1-16(2)13-8-9-17(16,3)15(10-13)20-19-11-12-6-4-5-7-14(12)18/h4-7,11,13H,8-10H2,1-3H3/b19-11+,20-15-. The topological polar surface area (TPSA) is 24.7 Å². The van der Waals surface area contributed by atoms with Gasteiger partial charge in [0.2, 0.25) is 0 Å². The van der Waals surface area contributed by atoms with Gasteiger partial charge in [0, 0.05) is 21.7 Å². The van der Waals surface area contributed by atoms with Gasteiger partial charge in [0.15, 0.2) is 0 Å². The molecule has 3 heteroatoms. The average molecular weight is 289 g/mol. The monoisotopic (exact) mass is 288 g/mol. The largest absolute Gasteiger partial charge is 0.160 e.